The molecule has 0 aliphatic heterocycles. The second kappa shape index (κ2) is 7.20. The van der Waals surface area contributed by atoms with Crippen LogP contribution in [0.3, 0.4) is 0 Å². The molecule has 3 aromatic heterocycles. The molecule has 0 saturated heterocycles. The zero-order valence-electron chi connectivity index (χ0n) is 13.9. The summed E-state index contributed by atoms with van der Waals surface area (Å²) in [5, 5.41) is 21.5. The third-order valence-electron chi connectivity index (χ3n) is 3.79. The molecule has 0 fully saturated rings. The number of aromatic nitrogens is 7. The summed E-state index contributed by atoms with van der Waals surface area (Å²) >= 11 is 7.16. The van der Waals surface area contributed by atoms with Crippen molar-refractivity contribution in [1.29, 1.82) is 0 Å². The average Bonchev–Trinajstić information content (AvgIpc) is 3.26. The highest BCUT2D eigenvalue weighted by Crippen LogP contribution is 2.29. The molecule has 138 valence electrons. The third kappa shape index (κ3) is 3.37. The van der Waals surface area contributed by atoms with Gasteiger partial charge in [-0.1, -0.05) is 11.6 Å². The van der Waals surface area contributed by atoms with Gasteiger partial charge in [0.15, 0.2) is 16.6 Å². The van der Waals surface area contributed by atoms with Gasteiger partial charge in [-0.15, -0.1) is 20.4 Å². The highest BCUT2D eigenvalue weighted by molar-refractivity contribution is 7.99. The van der Waals surface area contributed by atoms with Gasteiger partial charge in [0.05, 0.1) is 0 Å². The van der Waals surface area contributed by atoms with Gasteiger partial charge in [0, 0.05) is 17.1 Å². The van der Waals surface area contributed by atoms with E-state index in [1.807, 2.05) is 23.6 Å². The predicted octanol–water partition coefficient (Wildman–Crippen LogP) is 4.14. The topological polar surface area (TPSA) is 73.8 Å². The molecule has 0 saturated carbocycles. The van der Waals surface area contributed by atoms with Crippen molar-refractivity contribution in [3.63, 3.8) is 0 Å². The standard InChI is InChI=1S/C16H12ClF2N7S/c1-2-25-14(9-3-5-10(17)6-4-9)21-23-16(25)27-12-8-7-11-20-22-15(13(18)19)26(11)24-12/h3-8,13H,2H2,1H3. The summed E-state index contributed by atoms with van der Waals surface area (Å²) in [6.07, 6.45) is -2.76. The first kappa shape index (κ1) is 17.8. The SMILES string of the molecule is CCn1c(Sc2ccc3nnc(C(F)F)n3n2)nnc1-c1ccc(Cl)cc1. The number of benzene rings is 1. The Hall–Kier alpha value is -2.59. The Labute approximate surface area is 161 Å². The van der Waals surface area contributed by atoms with Crippen LogP contribution in [0.25, 0.3) is 17.0 Å². The molecule has 0 radical (unpaired) electrons. The van der Waals surface area contributed by atoms with Crippen molar-refractivity contribution >= 4 is 29.0 Å². The Morgan fingerprint density at radius 3 is 2.52 bits per heavy atom. The molecule has 11 heteroatoms. The molecular formula is C16H12ClF2N7S. The van der Waals surface area contributed by atoms with E-state index in [2.05, 4.69) is 25.5 Å². The van der Waals surface area contributed by atoms with Crippen molar-refractivity contribution in [2.24, 2.45) is 0 Å². The first-order valence-corrected chi connectivity index (χ1v) is 9.13. The van der Waals surface area contributed by atoms with Crippen LogP contribution < -0.4 is 0 Å². The van der Waals surface area contributed by atoms with Crippen molar-refractivity contribution in [2.45, 2.75) is 30.1 Å². The minimum absolute atomic E-state index is 0.258. The molecule has 4 rings (SSSR count). The van der Waals surface area contributed by atoms with Gasteiger partial charge in [-0.2, -0.15) is 9.61 Å². The van der Waals surface area contributed by atoms with Crippen molar-refractivity contribution in [2.75, 3.05) is 0 Å². The Balaban J connectivity index is 1.69. The maximum absolute atomic E-state index is 13.0. The van der Waals surface area contributed by atoms with Crippen LogP contribution in [0.5, 0.6) is 0 Å². The van der Waals surface area contributed by atoms with Crippen LogP contribution in [-0.4, -0.2) is 34.6 Å². The fourth-order valence-electron chi connectivity index (χ4n) is 2.53. The smallest absolute Gasteiger partial charge is 0.299 e. The Morgan fingerprint density at radius 1 is 1.04 bits per heavy atom. The number of hydrogen-bond acceptors (Lipinski definition) is 6. The lowest BCUT2D eigenvalue weighted by molar-refractivity contribution is 0.137. The van der Waals surface area contributed by atoms with Gasteiger partial charge in [0.1, 0.15) is 5.03 Å². The minimum atomic E-state index is -2.76. The van der Waals surface area contributed by atoms with Gasteiger partial charge in [-0.3, -0.25) is 0 Å². The molecule has 1 aromatic carbocycles. The Morgan fingerprint density at radius 2 is 1.81 bits per heavy atom. The molecule has 7 nitrogen and oxygen atoms in total. The summed E-state index contributed by atoms with van der Waals surface area (Å²) in [5.41, 5.74) is 1.14. The molecule has 0 unspecified atom stereocenters. The molecule has 0 atom stereocenters. The second-order valence-electron chi connectivity index (χ2n) is 5.46. The summed E-state index contributed by atoms with van der Waals surface area (Å²) in [6.45, 7) is 2.60. The van der Waals surface area contributed by atoms with Crippen LogP contribution in [0.1, 0.15) is 19.2 Å². The van der Waals surface area contributed by atoms with Crippen molar-refractivity contribution in [3.05, 3.63) is 47.2 Å². The summed E-state index contributed by atoms with van der Waals surface area (Å²) in [6, 6.07) is 10.6. The quantitative estimate of drug-likeness (QED) is 0.495. The largest absolute Gasteiger partial charge is 0.302 e. The summed E-state index contributed by atoms with van der Waals surface area (Å²) < 4.78 is 29.0. The van der Waals surface area contributed by atoms with Crippen molar-refractivity contribution in [1.82, 2.24) is 34.6 Å². The van der Waals surface area contributed by atoms with Crippen molar-refractivity contribution in [3.8, 4) is 11.4 Å². The van der Waals surface area contributed by atoms with E-state index in [1.54, 1.807) is 24.3 Å². The minimum Gasteiger partial charge on any atom is -0.302 e. The van der Waals surface area contributed by atoms with Gasteiger partial charge >= 0.3 is 0 Å². The molecule has 0 amide bonds. The van der Waals surface area contributed by atoms with Crippen LogP contribution in [0.15, 0.2) is 46.6 Å². The van der Waals surface area contributed by atoms with Gasteiger partial charge in [-0.25, -0.2) is 8.78 Å². The molecule has 0 bridgehead atoms. The average molecular weight is 408 g/mol. The van der Waals surface area contributed by atoms with E-state index in [1.165, 1.54) is 11.8 Å². The van der Waals surface area contributed by atoms with E-state index >= 15 is 0 Å². The summed E-state index contributed by atoms with van der Waals surface area (Å²) in [7, 11) is 0. The number of nitrogens with zero attached hydrogens (tertiary/aromatic N) is 7. The number of fused-ring (bicyclic) bond motifs is 1. The van der Waals surface area contributed by atoms with Gasteiger partial charge < -0.3 is 4.57 Å². The van der Waals surface area contributed by atoms with E-state index in [9.17, 15) is 8.78 Å². The van der Waals surface area contributed by atoms with Crippen LogP contribution >= 0.6 is 23.4 Å². The van der Waals surface area contributed by atoms with Crippen LogP contribution in [0.4, 0.5) is 8.78 Å². The Kier molecular flexibility index (Phi) is 4.75. The lowest BCUT2D eigenvalue weighted by atomic mass is 10.2. The fraction of sp³-hybridized carbons (Fsp3) is 0.188. The number of hydrogen-bond donors (Lipinski definition) is 0. The highest BCUT2D eigenvalue weighted by Gasteiger charge is 2.19. The fourth-order valence-corrected chi connectivity index (χ4v) is 3.51. The summed E-state index contributed by atoms with van der Waals surface area (Å²) in [4.78, 5) is 0. The molecule has 27 heavy (non-hydrogen) atoms. The van der Waals surface area contributed by atoms with Gasteiger partial charge in [0.2, 0.25) is 5.82 Å². The van der Waals surface area contributed by atoms with E-state index in [-0.39, 0.29) is 5.65 Å². The van der Waals surface area contributed by atoms with E-state index in [0.29, 0.717) is 27.6 Å². The molecule has 0 N–H and O–H groups in total. The van der Waals surface area contributed by atoms with E-state index in [0.717, 1.165) is 10.1 Å². The maximum Gasteiger partial charge on any atom is 0.299 e. The van der Waals surface area contributed by atoms with Crippen molar-refractivity contribution < 1.29 is 8.78 Å². The van der Waals surface area contributed by atoms with Crippen LogP contribution in [-0.2, 0) is 6.54 Å². The number of alkyl halides is 2. The molecule has 0 spiro atoms. The molecule has 0 aliphatic carbocycles. The first-order valence-electron chi connectivity index (χ1n) is 7.94. The number of halogens is 3. The maximum atomic E-state index is 13.0. The molecule has 0 aliphatic rings. The zero-order valence-corrected chi connectivity index (χ0v) is 15.5. The lowest BCUT2D eigenvalue weighted by Crippen LogP contribution is -2.02. The predicted molar refractivity (Wildman–Crippen MR) is 96.0 cm³/mol. The van der Waals surface area contributed by atoms with E-state index < -0.39 is 12.2 Å². The Bertz CT molecular complexity index is 1090. The third-order valence-corrected chi connectivity index (χ3v) is 4.95. The lowest BCUT2D eigenvalue weighted by Gasteiger charge is -2.07. The second-order valence-corrected chi connectivity index (χ2v) is 6.88. The molecule has 3 heterocycles. The van der Waals surface area contributed by atoms with Gasteiger partial charge in [-0.05, 0) is 55.1 Å². The van der Waals surface area contributed by atoms with E-state index in [4.69, 9.17) is 11.6 Å². The normalized spacial score (nSPS) is 11.6. The van der Waals surface area contributed by atoms with Crippen LogP contribution in [0, 0.1) is 0 Å². The molecule has 4 aromatic rings. The monoisotopic (exact) mass is 407 g/mol. The first-order chi connectivity index (χ1) is 13.1. The van der Waals surface area contributed by atoms with Gasteiger partial charge in [0.25, 0.3) is 6.43 Å². The number of rotatable bonds is 5. The summed E-state index contributed by atoms with van der Waals surface area (Å²) in [5.74, 6) is 0.196. The highest BCUT2D eigenvalue weighted by atomic mass is 35.5. The van der Waals surface area contributed by atoms with Crippen LogP contribution in [0.2, 0.25) is 5.02 Å². The molecular weight excluding hydrogens is 396 g/mol. The zero-order chi connectivity index (χ0) is 19.0.